The SMILES string of the molecule is Cc1ccc(COc2ccc(Cl)cc2[C@H]2c3sc(=O)[nH]c3SC3C(=O)N(c4ccccc4C(F)(F)F)C(=O)C32)cc1. The number of halogens is 4. The molecule has 12 heteroatoms. The molecule has 4 aromatic rings. The van der Waals surface area contributed by atoms with Gasteiger partial charge >= 0.3 is 11.0 Å². The third-order valence-electron chi connectivity index (χ3n) is 7.10. The number of nitrogens with zero attached hydrogens (tertiary/aromatic N) is 1. The van der Waals surface area contributed by atoms with E-state index in [1.54, 1.807) is 18.2 Å². The number of nitrogens with one attached hydrogen (secondary N) is 1. The highest BCUT2D eigenvalue weighted by Crippen LogP contribution is 2.55. The van der Waals surface area contributed by atoms with Crippen LogP contribution in [0.25, 0.3) is 0 Å². The van der Waals surface area contributed by atoms with Crippen molar-refractivity contribution >= 4 is 52.2 Å². The van der Waals surface area contributed by atoms with Crippen LogP contribution in [0.5, 0.6) is 5.75 Å². The number of alkyl halides is 3. The summed E-state index contributed by atoms with van der Waals surface area (Å²) in [6.45, 7) is 2.16. The lowest BCUT2D eigenvalue weighted by molar-refractivity contribution is -0.137. The number of H-pyrrole nitrogens is 1. The first kappa shape index (κ1) is 27.6. The number of thioether (sulfide) groups is 1. The van der Waals surface area contributed by atoms with Crippen LogP contribution < -0.4 is 14.5 Å². The molecule has 0 aliphatic carbocycles. The molecule has 2 amide bonds. The minimum atomic E-state index is -4.79. The molecule has 1 aromatic heterocycles. The number of carbonyl (C=O) groups excluding carboxylic acids is 2. The van der Waals surface area contributed by atoms with Gasteiger partial charge in [0.05, 0.1) is 22.2 Å². The molecule has 2 aliphatic heterocycles. The largest absolute Gasteiger partial charge is 0.489 e. The fourth-order valence-corrected chi connectivity index (χ4v) is 7.92. The zero-order valence-corrected chi connectivity index (χ0v) is 23.6. The third-order valence-corrected chi connectivity index (χ3v) is 9.73. The summed E-state index contributed by atoms with van der Waals surface area (Å²) < 4.78 is 47.9. The van der Waals surface area contributed by atoms with E-state index in [4.69, 9.17) is 16.3 Å². The van der Waals surface area contributed by atoms with Crippen LogP contribution in [0.4, 0.5) is 18.9 Å². The molecule has 0 spiro atoms. The van der Waals surface area contributed by atoms with E-state index in [1.807, 2.05) is 31.2 Å². The molecule has 0 bridgehead atoms. The van der Waals surface area contributed by atoms with Gasteiger partial charge in [-0.3, -0.25) is 14.4 Å². The first-order valence-electron chi connectivity index (χ1n) is 12.4. The van der Waals surface area contributed by atoms with Gasteiger partial charge in [0.25, 0.3) is 0 Å². The summed E-state index contributed by atoms with van der Waals surface area (Å²) in [7, 11) is 0. The van der Waals surface area contributed by atoms with Crippen molar-refractivity contribution in [2.45, 2.75) is 35.9 Å². The van der Waals surface area contributed by atoms with E-state index in [0.717, 1.165) is 46.4 Å². The van der Waals surface area contributed by atoms with E-state index in [2.05, 4.69) is 4.98 Å². The van der Waals surface area contributed by atoms with Crippen molar-refractivity contribution in [3.05, 3.63) is 109 Å². The van der Waals surface area contributed by atoms with E-state index in [0.29, 0.717) is 31.1 Å². The summed E-state index contributed by atoms with van der Waals surface area (Å²) in [5.74, 6) is -3.16. The summed E-state index contributed by atoms with van der Waals surface area (Å²) in [5.41, 5.74) is 0.825. The van der Waals surface area contributed by atoms with Crippen molar-refractivity contribution in [3.63, 3.8) is 0 Å². The first-order valence-corrected chi connectivity index (χ1v) is 14.5. The Labute approximate surface area is 245 Å². The molecule has 0 saturated carbocycles. The second kappa shape index (κ2) is 10.4. The molecular weight excluding hydrogens is 597 g/mol. The first-order chi connectivity index (χ1) is 19.5. The van der Waals surface area contributed by atoms with Crippen LogP contribution in [0.3, 0.4) is 0 Å². The fourth-order valence-electron chi connectivity index (χ4n) is 5.24. The van der Waals surface area contributed by atoms with E-state index < -0.39 is 46.3 Å². The molecule has 1 fully saturated rings. The standard InChI is InChI=1S/C29H20ClF3N2O4S2/c1-14-6-8-15(9-7-14)13-39-20-11-10-16(30)12-17(20)21-22-24(40-25-23(21)41-28(38)34-25)27(37)35(26(22)36)19-5-3-2-4-18(19)29(31,32)33/h2-12,21-22,24H,13H2,1H3,(H,34,38)/t21-,22?,24?/m1/s1. The minimum Gasteiger partial charge on any atom is -0.489 e. The van der Waals surface area contributed by atoms with E-state index >= 15 is 0 Å². The molecule has 3 aromatic carbocycles. The van der Waals surface area contributed by atoms with Gasteiger partial charge in [0.1, 0.15) is 17.6 Å². The maximum absolute atomic E-state index is 14.0. The number of fused-ring (bicyclic) bond motifs is 2. The fraction of sp³-hybridized carbons (Fsp3) is 0.207. The van der Waals surface area contributed by atoms with Crippen LogP contribution in [0.15, 0.2) is 76.6 Å². The van der Waals surface area contributed by atoms with Crippen molar-refractivity contribution in [3.8, 4) is 5.75 Å². The van der Waals surface area contributed by atoms with Crippen molar-refractivity contribution in [2.75, 3.05) is 4.90 Å². The van der Waals surface area contributed by atoms with Gasteiger partial charge in [-0.25, -0.2) is 4.90 Å². The number of ether oxygens (including phenoxy) is 1. The molecule has 6 nitrogen and oxygen atoms in total. The summed E-state index contributed by atoms with van der Waals surface area (Å²) in [4.78, 5) is 43.6. The molecule has 2 aliphatic rings. The van der Waals surface area contributed by atoms with Crippen LogP contribution in [-0.2, 0) is 22.4 Å². The Kier molecular flexibility index (Phi) is 6.99. The highest BCUT2D eigenvalue weighted by atomic mass is 35.5. The molecule has 1 N–H and O–H groups in total. The Hall–Kier alpha value is -3.54. The van der Waals surface area contributed by atoms with Gasteiger partial charge in [-0.2, -0.15) is 13.2 Å². The van der Waals surface area contributed by atoms with Gasteiger partial charge in [0.2, 0.25) is 11.8 Å². The zero-order chi connectivity index (χ0) is 29.1. The maximum atomic E-state index is 14.0. The molecule has 1 saturated heterocycles. The topological polar surface area (TPSA) is 79.5 Å². The second-order valence-corrected chi connectivity index (χ2v) is 12.3. The Bertz CT molecular complexity index is 1740. The number of amides is 2. The Morgan fingerprint density at radius 1 is 1.00 bits per heavy atom. The van der Waals surface area contributed by atoms with Gasteiger partial charge < -0.3 is 9.72 Å². The van der Waals surface area contributed by atoms with E-state index in [-0.39, 0.29) is 11.5 Å². The molecule has 6 rings (SSSR count). The summed E-state index contributed by atoms with van der Waals surface area (Å²) in [6, 6.07) is 17.1. The van der Waals surface area contributed by atoms with Gasteiger partial charge in [-0.1, -0.05) is 76.7 Å². The number of aromatic nitrogens is 1. The molecule has 2 unspecified atom stereocenters. The quantitative estimate of drug-likeness (QED) is 0.250. The predicted molar refractivity (Wildman–Crippen MR) is 151 cm³/mol. The minimum absolute atomic E-state index is 0.193. The average Bonchev–Trinajstić information content (AvgIpc) is 3.42. The van der Waals surface area contributed by atoms with Crippen molar-refractivity contribution in [1.29, 1.82) is 0 Å². The zero-order valence-electron chi connectivity index (χ0n) is 21.2. The maximum Gasteiger partial charge on any atom is 0.418 e. The molecule has 210 valence electrons. The van der Waals surface area contributed by atoms with Gasteiger partial charge in [-0.05, 0) is 42.8 Å². The second-order valence-electron chi connectivity index (χ2n) is 9.73. The molecular formula is C29H20ClF3N2O4S2. The Morgan fingerprint density at radius 3 is 2.46 bits per heavy atom. The van der Waals surface area contributed by atoms with E-state index in [1.165, 1.54) is 12.1 Å². The van der Waals surface area contributed by atoms with Crippen LogP contribution in [-0.4, -0.2) is 22.0 Å². The van der Waals surface area contributed by atoms with Gasteiger partial charge in [0, 0.05) is 21.4 Å². The van der Waals surface area contributed by atoms with Crippen molar-refractivity contribution in [2.24, 2.45) is 5.92 Å². The van der Waals surface area contributed by atoms with Crippen LogP contribution in [0.2, 0.25) is 5.02 Å². The summed E-state index contributed by atoms with van der Waals surface area (Å²) >= 11 is 8.26. The molecule has 3 heterocycles. The number of carbonyl (C=O) groups is 2. The van der Waals surface area contributed by atoms with E-state index in [9.17, 15) is 27.6 Å². The molecule has 41 heavy (non-hydrogen) atoms. The molecule has 3 atom stereocenters. The lowest BCUT2D eigenvalue weighted by atomic mass is 9.82. The lowest BCUT2D eigenvalue weighted by Gasteiger charge is -2.31. The van der Waals surface area contributed by atoms with Gasteiger partial charge in [0.15, 0.2) is 0 Å². The number of aryl methyl sites for hydroxylation is 1. The Morgan fingerprint density at radius 2 is 1.73 bits per heavy atom. The van der Waals surface area contributed by atoms with Crippen molar-refractivity contribution in [1.82, 2.24) is 4.98 Å². The summed E-state index contributed by atoms with van der Waals surface area (Å²) in [5, 5.41) is -0.351. The number of para-hydroxylation sites is 1. The highest BCUT2D eigenvalue weighted by molar-refractivity contribution is 8.00. The average molecular weight is 617 g/mol. The number of rotatable bonds is 5. The molecule has 0 radical (unpaired) electrons. The normalized spacial score (nSPS) is 20.2. The number of hydrogen-bond acceptors (Lipinski definition) is 6. The number of thiazole rings is 1. The number of anilines is 1. The monoisotopic (exact) mass is 616 g/mol. The van der Waals surface area contributed by atoms with Crippen LogP contribution in [0, 0.1) is 12.8 Å². The lowest BCUT2D eigenvalue weighted by Crippen LogP contribution is -2.33. The Balaban J connectivity index is 1.46. The smallest absolute Gasteiger partial charge is 0.418 e. The number of benzene rings is 3. The van der Waals surface area contributed by atoms with Crippen molar-refractivity contribution < 1.29 is 27.5 Å². The predicted octanol–water partition coefficient (Wildman–Crippen LogP) is 6.79. The number of hydrogen-bond donors (Lipinski definition) is 1. The highest BCUT2D eigenvalue weighted by Gasteiger charge is 2.57. The number of aromatic amines is 1. The van der Waals surface area contributed by atoms with Gasteiger partial charge in [-0.15, -0.1) is 0 Å². The van der Waals surface area contributed by atoms with Crippen LogP contribution >= 0.6 is 34.7 Å². The van der Waals surface area contributed by atoms with Crippen LogP contribution in [0.1, 0.15) is 33.0 Å². The number of imide groups is 1. The summed E-state index contributed by atoms with van der Waals surface area (Å²) in [6.07, 6.45) is -4.79. The third kappa shape index (κ3) is 4.96.